The van der Waals surface area contributed by atoms with Crippen LogP contribution in [0.3, 0.4) is 0 Å². The second-order valence-electron chi connectivity index (χ2n) is 3.89. The van der Waals surface area contributed by atoms with Crippen molar-refractivity contribution in [2.75, 3.05) is 11.1 Å². The largest absolute Gasteiger partial charge is 0.399 e. The number of fused-ring (bicyclic) bond motifs is 1. The number of hydrogen-bond acceptors (Lipinski definition) is 5. The molecular weight excluding hydrogens is 228 g/mol. The van der Waals surface area contributed by atoms with Crippen molar-refractivity contribution >= 4 is 22.4 Å². The van der Waals surface area contributed by atoms with E-state index in [0.717, 1.165) is 22.5 Å². The molecule has 0 bridgehead atoms. The molecule has 0 radical (unpaired) electrons. The number of nitrogens with zero attached hydrogens (tertiary/aromatic N) is 3. The molecule has 3 aromatic rings. The third kappa shape index (κ3) is 1.95. The lowest BCUT2D eigenvalue weighted by molar-refractivity contribution is 0.988. The van der Waals surface area contributed by atoms with Crippen LogP contribution < -0.4 is 11.1 Å². The van der Waals surface area contributed by atoms with Crippen LogP contribution in [0.2, 0.25) is 0 Å². The fourth-order valence-electron chi connectivity index (χ4n) is 1.78. The summed E-state index contributed by atoms with van der Waals surface area (Å²) < 4.78 is 0. The molecule has 3 rings (SSSR count). The van der Waals surface area contributed by atoms with Crippen LogP contribution in [-0.2, 0) is 6.54 Å². The standard InChI is InChI=1S/C12H12N6/c13-8-1-2-9-10(5-8)17-7-18-12(9)16-6-11-14-3-4-15-11/h1-5,7H,6,13H2,(H,14,15)(H,16,17,18). The van der Waals surface area contributed by atoms with Gasteiger partial charge in [0.25, 0.3) is 0 Å². The molecule has 4 N–H and O–H groups in total. The van der Waals surface area contributed by atoms with E-state index in [1.807, 2.05) is 18.2 Å². The first-order valence-corrected chi connectivity index (χ1v) is 5.55. The summed E-state index contributed by atoms with van der Waals surface area (Å²) in [6, 6.07) is 5.58. The quantitative estimate of drug-likeness (QED) is 0.604. The molecule has 1 aromatic carbocycles. The van der Waals surface area contributed by atoms with Crippen LogP contribution in [0.15, 0.2) is 36.9 Å². The van der Waals surface area contributed by atoms with Gasteiger partial charge in [-0.1, -0.05) is 0 Å². The predicted molar refractivity (Wildman–Crippen MR) is 69.9 cm³/mol. The topological polar surface area (TPSA) is 92.5 Å². The Hall–Kier alpha value is -2.63. The first-order chi connectivity index (χ1) is 8.83. The van der Waals surface area contributed by atoms with E-state index in [1.165, 1.54) is 6.33 Å². The van der Waals surface area contributed by atoms with E-state index in [4.69, 9.17) is 5.73 Å². The summed E-state index contributed by atoms with van der Waals surface area (Å²) in [4.78, 5) is 15.6. The minimum atomic E-state index is 0.587. The number of nitrogens with two attached hydrogens (primary N) is 1. The summed E-state index contributed by atoms with van der Waals surface area (Å²) in [5.41, 5.74) is 7.25. The van der Waals surface area contributed by atoms with E-state index < -0.39 is 0 Å². The molecule has 0 aliphatic heterocycles. The summed E-state index contributed by atoms with van der Waals surface area (Å²) in [6.07, 6.45) is 5.03. The van der Waals surface area contributed by atoms with E-state index in [2.05, 4.69) is 25.3 Å². The van der Waals surface area contributed by atoms with Gasteiger partial charge in [-0.15, -0.1) is 0 Å². The van der Waals surface area contributed by atoms with Crippen LogP contribution in [-0.4, -0.2) is 19.9 Å². The average Bonchev–Trinajstić information content (AvgIpc) is 2.89. The summed E-state index contributed by atoms with van der Waals surface area (Å²) in [6.45, 7) is 0.587. The molecule has 0 saturated heterocycles. The van der Waals surface area contributed by atoms with Crippen molar-refractivity contribution < 1.29 is 0 Å². The number of H-pyrrole nitrogens is 1. The molecule has 2 heterocycles. The Morgan fingerprint density at radius 1 is 1.22 bits per heavy atom. The van der Waals surface area contributed by atoms with E-state index in [1.54, 1.807) is 12.4 Å². The number of anilines is 2. The van der Waals surface area contributed by atoms with Gasteiger partial charge in [-0.3, -0.25) is 0 Å². The summed E-state index contributed by atoms with van der Waals surface area (Å²) in [5.74, 6) is 1.63. The van der Waals surface area contributed by atoms with Gasteiger partial charge in [0.15, 0.2) is 0 Å². The number of aromatic amines is 1. The molecule has 6 heteroatoms. The first-order valence-electron chi connectivity index (χ1n) is 5.55. The van der Waals surface area contributed by atoms with Crippen molar-refractivity contribution in [3.05, 3.63) is 42.7 Å². The Morgan fingerprint density at radius 2 is 2.17 bits per heavy atom. The normalized spacial score (nSPS) is 10.7. The Balaban J connectivity index is 1.92. The fraction of sp³-hybridized carbons (Fsp3) is 0.0833. The Morgan fingerprint density at radius 3 is 3.00 bits per heavy atom. The van der Waals surface area contributed by atoms with Crippen LogP contribution in [0.5, 0.6) is 0 Å². The maximum absolute atomic E-state index is 5.73. The van der Waals surface area contributed by atoms with Crippen molar-refractivity contribution in [3.8, 4) is 0 Å². The zero-order chi connectivity index (χ0) is 12.4. The van der Waals surface area contributed by atoms with Crippen molar-refractivity contribution in [2.24, 2.45) is 0 Å². The number of imidazole rings is 1. The summed E-state index contributed by atoms with van der Waals surface area (Å²) >= 11 is 0. The number of nitrogens with one attached hydrogen (secondary N) is 2. The van der Waals surface area contributed by atoms with E-state index in [-0.39, 0.29) is 0 Å². The van der Waals surface area contributed by atoms with Gasteiger partial charge in [-0.25, -0.2) is 15.0 Å². The summed E-state index contributed by atoms with van der Waals surface area (Å²) in [7, 11) is 0. The van der Waals surface area contributed by atoms with Crippen LogP contribution in [0.1, 0.15) is 5.82 Å². The number of nitrogen functional groups attached to an aromatic ring is 1. The minimum absolute atomic E-state index is 0.587. The van der Waals surface area contributed by atoms with Gasteiger partial charge >= 0.3 is 0 Å². The van der Waals surface area contributed by atoms with Crippen molar-refractivity contribution in [3.63, 3.8) is 0 Å². The van der Waals surface area contributed by atoms with Crippen molar-refractivity contribution in [1.29, 1.82) is 0 Å². The smallest absolute Gasteiger partial charge is 0.137 e. The molecule has 90 valence electrons. The van der Waals surface area contributed by atoms with Gasteiger partial charge < -0.3 is 16.0 Å². The van der Waals surface area contributed by atoms with Crippen LogP contribution in [0.25, 0.3) is 10.9 Å². The van der Waals surface area contributed by atoms with Gasteiger partial charge in [-0.05, 0) is 18.2 Å². The highest BCUT2D eigenvalue weighted by molar-refractivity contribution is 5.90. The molecule has 0 atom stereocenters. The molecule has 0 saturated carbocycles. The monoisotopic (exact) mass is 240 g/mol. The molecule has 0 aliphatic carbocycles. The lowest BCUT2D eigenvalue weighted by Gasteiger charge is -2.07. The number of hydrogen-bond donors (Lipinski definition) is 3. The molecule has 0 amide bonds. The molecule has 0 fully saturated rings. The highest BCUT2D eigenvalue weighted by atomic mass is 15.0. The number of benzene rings is 1. The number of aromatic nitrogens is 4. The predicted octanol–water partition coefficient (Wildman–Crippen LogP) is 1.55. The second kappa shape index (κ2) is 4.33. The van der Waals surface area contributed by atoms with E-state index >= 15 is 0 Å². The highest BCUT2D eigenvalue weighted by Crippen LogP contribution is 2.21. The van der Waals surface area contributed by atoms with Gasteiger partial charge in [0, 0.05) is 23.5 Å². The molecule has 0 unspecified atom stereocenters. The van der Waals surface area contributed by atoms with Gasteiger partial charge in [0.2, 0.25) is 0 Å². The Kier molecular flexibility index (Phi) is 2.53. The van der Waals surface area contributed by atoms with Crippen LogP contribution >= 0.6 is 0 Å². The third-order valence-corrected chi connectivity index (χ3v) is 2.64. The lowest BCUT2D eigenvalue weighted by atomic mass is 10.2. The number of rotatable bonds is 3. The zero-order valence-electron chi connectivity index (χ0n) is 9.59. The summed E-state index contributed by atoms with van der Waals surface area (Å²) in [5, 5.41) is 4.17. The molecule has 18 heavy (non-hydrogen) atoms. The minimum Gasteiger partial charge on any atom is -0.399 e. The van der Waals surface area contributed by atoms with E-state index in [9.17, 15) is 0 Å². The molecular formula is C12H12N6. The van der Waals surface area contributed by atoms with E-state index in [0.29, 0.717) is 12.2 Å². The highest BCUT2D eigenvalue weighted by Gasteiger charge is 2.04. The zero-order valence-corrected chi connectivity index (χ0v) is 9.59. The fourth-order valence-corrected chi connectivity index (χ4v) is 1.78. The van der Waals surface area contributed by atoms with Crippen LogP contribution in [0.4, 0.5) is 11.5 Å². The SMILES string of the molecule is Nc1ccc2c(NCc3ncc[nH]3)ncnc2c1. The molecule has 6 nitrogen and oxygen atoms in total. The second-order valence-corrected chi connectivity index (χ2v) is 3.89. The van der Waals surface area contributed by atoms with Crippen molar-refractivity contribution in [2.45, 2.75) is 6.54 Å². The lowest BCUT2D eigenvalue weighted by Crippen LogP contribution is -2.04. The van der Waals surface area contributed by atoms with Crippen molar-refractivity contribution in [1.82, 2.24) is 19.9 Å². The first kappa shape index (κ1) is 10.5. The maximum Gasteiger partial charge on any atom is 0.137 e. The van der Waals surface area contributed by atoms with Gasteiger partial charge in [0.05, 0.1) is 12.1 Å². The molecule has 0 aliphatic rings. The van der Waals surface area contributed by atoms with Crippen LogP contribution in [0, 0.1) is 0 Å². The Bertz CT molecular complexity index is 661. The third-order valence-electron chi connectivity index (χ3n) is 2.64. The average molecular weight is 240 g/mol. The molecule has 0 spiro atoms. The Labute approximate surface area is 103 Å². The van der Waals surface area contributed by atoms with Gasteiger partial charge in [0.1, 0.15) is 18.0 Å². The molecule has 2 aromatic heterocycles. The van der Waals surface area contributed by atoms with Gasteiger partial charge in [-0.2, -0.15) is 0 Å². The maximum atomic E-state index is 5.73.